The Morgan fingerprint density at radius 1 is 1.36 bits per heavy atom. The van der Waals surface area contributed by atoms with E-state index in [1.807, 2.05) is 0 Å². The zero-order chi connectivity index (χ0) is 8.53. The molecule has 4 nitrogen and oxygen atoms in total. The fourth-order valence-electron chi connectivity index (χ4n) is 0.558. The molecule has 11 heavy (non-hydrogen) atoms. The van der Waals surface area contributed by atoms with Crippen LogP contribution in [0, 0.1) is 0 Å². The van der Waals surface area contributed by atoms with E-state index in [1.165, 1.54) is 0 Å². The van der Waals surface area contributed by atoms with Crippen LogP contribution in [0.2, 0.25) is 0 Å². The largest absolute Gasteiger partial charge is 0.379 e. The van der Waals surface area contributed by atoms with Gasteiger partial charge in [0.1, 0.15) is 12.6 Å². The molecular weight excluding hydrogens is 146 g/mol. The predicted octanol–water partition coefficient (Wildman–Crippen LogP) is -0.492. The molecule has 2 N–H and O–H groups in total. The van der Waals surface area contributed by atoms with Gasteiger partial charge in [-0.2, -0.15) is 0 Å². The van der Waals surface area contributed by atoms with E-state index in [0.29, 0.717) is 26.1 Å². The van der Waals surface area contributed by atoms with Gasteiger partial charge in [0.25, 0.3) is 0 Å². The Labute approximate surface area is 65.7 Å². The Hall–Kier alpha value is -0.740. The first-order chi connectivity index (χ1) is 5.31. The van der Waals surface area contributed by atoms with Crippen LogP contribution < -0.4 is 5.73 Å². The van der Waals surface area contributed by atoms with Gasteiger partial charge in [-0.3, -0.25) is 0 Å². The van der Waals surface area contributed by atoms with E-state index in [4.69, 9.17) is 10.5 Å². The predicted molar refractivity (Wildman–Crippen MR) is 40.2 cm³/mol. The lowest BCUT2D eigenvalue weighted by Crippen LogP contribution is -2.26. The van der Waals surface area contributed by atoms with Crippen LogP contribution in [0.25, 0.3) is 0 Å². The Morgan fingerprint density at radius 2 is 2.09 bits per heavy atom. The van der Waals surface area contributed by atoms with E-state index < -0.39 is 0 Å². The average molecular weight is 159 g/mol. The molecule has 0 radical (unpaired) electrons. The van der Waals surface area contributed by atoms with Gasteiger partial charge in [0.15, 0.2) is 0 Å². The van der Waals surface area contributed by atoms with Crippen LogP contribution in [-0.2, 0) is 14.3 Å². The highest BCUT2D eigenvalue weighted by Crippen LogP contribution is 1.86. The molecule has 0 spiro atoms. The lowest BCUT2D eigenvalue weighted by atomic mass is 10.2. The lowest BCUT2D eigenvalue weighted by Gasteiger charge is -2.06. The summed E-state index contributed by atoms with van der Waals surface area (Å²) in [5, 5.41) is 0. The maximum atomic E-state index is 9.91. The van der Waals surface area contributed by atoms with Crippen LogP contribution in [0.15, 0.2) is 0 Å². The van der Waals surface area contributed by atoms with Crippen molar-refractivity contribution in [1.82, 2.24) is 0 Å². The first kappa shape index (κ1) is 10.3. The first-order valence-corrected chi connectivity index (χ1v) is 3.52. The van der Waals surface area contributed by atoms with Gasteiger partial charge in [-0.05, 0) is 0 Å². The van der Waals surface area contributed by atoms with E-state index in [0.717, 1.165) is 12.6 Å². The molecule has 0 bridgehead atoms. The van der Waals surface area contributed by atoms with Crippen LogP contribution in [0.1, 0.15) is 12.8 Å². The van der Waals surface area contributed by atoms with Gasteiger partial charge >= 0.3 is 0 Å². The van der Waals surface area contributed by atoms with Gasteiger partial charge in [0.2, 0.25) is 0 Å². The molecule has 0 aromatic heterocycles. The minimum Gasteiger partial charge on any atom is -0.379 e. The highest BCUT2D eigenvalue weighted by Gasteiger charge is 1.99. The van der Waals surface area contributed by atoms with Gasteiger partial charge < -0.3 is 20.1 Å². The molecule has 0 heterocycles. The van der Waals surface area contributed by atoms with Gasteiger partial charge in [-0.15, -0.1) is 0 Å². The molecule has 64 valence electrons. The third kappa shape index (κ3) is 7.15. The number of carbonyl (C=O) groups is 2. The quantitative estimate of drug-likeness (QED) is 0.402. The van der Waals surface area contributed by atoms with Crippen molar-refractivity contribution in [2.75, 3.05) is 13.2 Å². The number of nitrogens with two attached hydrogens (primary N) is 1. The van der Waals surface area contributed by atoms with Crippen LogP contribution in [0.4, 0.5) is 0 Å². The number of ether oxygens (including phenoxy) is 1. The fourth-order valence-corrected chi connectivity index (χ4v) is 0.558. The fraction of sp³-hybridized carbons (Fsp3) is 0.714. The number of hydrogen-bond donors (Lipinski definition) is 1. The van der Waals surface area contributed by atoms with Crippen molar-refractivity contribution in [1.29, 1.82) is 0 Å². The standard InChI is InChI=1S/C7H13NO3/c8-7(2-4-10)6-11-5-1-3-9/h3-4,7H,1-2,5-6,8H2. The summed E-state index contributed by atoms with van der Waals surface area (Å²) in [6.45, 7) is 0.725. The molecule has 0 rings (SSSR count). The molecule has 0 aliphatic rings. The number of carbonyl (C=O) groups excluding carboxylic acids is 2. The molecule has 4 heteroatoms. The highest BCUT2D eigenvalue weighted by molar-refractivity contribution is 5.50. The second-order valence-corrected chi connectivity index (χ2v) is 2.19. The maximum absolute atomic E-state index is 9.91. The van der Waals surface area contributed by atoms with Crippen molar-refractivity contribution < 1.29 is 14.3 Å². The summed E-state index contributed by atoms with van der Waals surface area (Å²) in [4.78, 5) is 19.7. The normalized spacial score (nSPS) is 12.5. The summed E-state index contributed by atoms with van der Waals surface area (Å²) >= 11 is 0. The van der Waals surface area contributed by atoms with Gasteiger partial charge in [-0.25, -0.2) is 0 Å². The summed E-state index contributed by atoms with van der Waals surface area (Å²) in [5.41, 5.74) is 5.42. The molecule has 0 saturated carbocycles. The first-order valence-electron chi connectivity index (χ1n) is 3.52. The molecule has 0 aromatic carbocycles. The second kappa shape index (κ2) is 7.37. The molecule has 0 aliphatic heterocycles. The van der Waals surface area contributed by atoms with Crippen molar-refractivity contribution >= 4 is 12.6 Å². The maximum Gasteiger partial charge on any atom is 0.122 e. The van der Waals surface area contributed by atoms with Crippen molar-refractivity contribution in [3.8, 4) is 0 Å². The lowest BCUT2D eigenvalue weighted by molar-refractivity contribution is -0.110. The smallest absolute Gasteiger partial charge is 0.122 e. The van der Waals surface area contributed by atoms with Crippen LogP contribution in [0.3, 0.4) is 0 Å². The van der Waals surface area contributed by atoms with E-state index in [1.54, 1.807) is 0 Å². The minimum atomic E-state index is -0.237. The number of hydrogen-bond acceptors (Lipinski definition) is 4. The van der Waals surface area contributed by atoms with E-state index in [9.17, 15) is 9.59 Å². The third-order valence-corrected chi connectivity index (χ3v) is 1.11. The van der Waals surface area contributed by atoms with Crippen LogP contribution in [-0.4, -0.2) is 31.8 Å². The SMILES string of the molecule is NC(CC=O)COCCC=O. The summed E-state index contributed by atoms with van der Waals surface area (Å²) in [6.07, 6.45) is 2.23. The monoisotopic (exact) mass is 159 g/mol. The van der Waals surface area contributed by atoms with Crippen molar-refractivity contribution in [2.45, 2.75) is 18.9 Å². The van der Waals surface area contributed by atoms with Gasteiger partial charge in [0.05, 0.1) is 13.2 Å². The molecule has 0 amide bonds. The zero-order valence-electron chi connectivity index (χ0n) is 6.36. The van der Waals surface area contributed by atoms with Crippen LogP contribution >= 0.6 is 0 Å². The Balaban J connectivity index is 3.09. The van der Waals surface area contributed by atoms with Crippen molar-refractivity contribution in [3.63, 3.8) is 0 Å². The molecule has 0 fully saturated rings. The Bertz CT molecular complexity index is 116. The molecule has 0 aliphatic carbocycles. The highest BCUT2D eigenvalue weighted by atomic mass is 16.5. The molecule has 1 atom stereocenters. The van der Waals surface area contributed by atoms with Crippen LogP contribution in [0.5, 0.6) is 0 Å². The van der Waals surface area contributed by atoms with Gasteiger partial charge in [-0.1, -0.05) is 0 Å². The van der Waals surface area contributed by atoms with Gasteiger partial charge in [0, 0.05) is 18.9 Å². The molecular formula is C7H13NO3. The van der Waals surface area contributed by atoms with E-state index >= 15 is 0 Å². The topological polar surface area (TPSA) is 69.4 Å². The molecule has 0 aromatic rings. The minimum absolute atomic E-state index is 0.237. The summed E-state index contributed by atoms with van der Waals surface area (Å²) in [5.74, 6) is 0. The Kier molecular flexibility index (Phi) is 6.87. The Morgan fingerprint density at radius 3 is 2.64 bits per heavy atom. The van der Waals surface area contributed by atoms with Crippen molar-refractivity contribution in [3.05, 3.63) is 0 Å². The second-order valence-electron chi connectivity index (χ2n) is 2.19. The summed E-state index contributed by atoms with van der Waals surface area (Å²) in [7, 11) is 0. The average Bonchev–Trinajstić information content (AvgIpc) is 1.99. The summed E-state index contributed by atoms with van der Waals surface area (Å²) in [6, 6.07) is -0.237. The van der Waals surface area contributed by atoms with E-state index in [-0.39, 0.29) is 6.04 Å². The van der Waals surface area contributed by atoms with E-state index in [2.05, 4.69) is 0 Å². The number of aldehydes is 2. The zero-order valence-corrected chi connectivity index (χ0v) is 6.36. The molecule has 1 unspecified atom stereocenters. The summed E-state index contributed by atoms with van der Waals surface area (Å²) < 4.78 is 4.97. The van der Waals surface area contributed by atoms with Crippen molar-refractivity contribution in [2.24, 2.45) is 5.73 Å². The number of rotatable bonds is 7. The molecule has 0 saturated heterocycles. The third-order valence-electron chi connectivity index (χ3n) is 1.11.